The zero-order valence-corrected chi connectivity index (χ0v) is 29.3. The minimum absolute atomic E-state index is 0.0699. The van der Waals surface area contributed by atoms with E-state index in [1.54, 1.807) is 6.07 Å². The average molecular weight is 689 g/mol. The van der Waals surface area contributed by atoms with Gasteiger partial charge in [-0.3, -0.25) is 0 Å². The molecule has 0 spiro atoms. The molecule has 252 valence electrons. The summed E-state index contributed by atoms with van der Waals surface area (Å²) in [6.45, 7) is 0. The fourth-order valence-electron chi connectivity index (χ4n) is 8.76. The Labute approximate surface area is 314 Å². The van der Waals surface area contributed by atoms with Crippen LogP contribution in [-0.2, 0) is 0 Å². The van der Waals surface area contributed by atoms with Crippen molar-refractivity contribution in [2.75, 3.05) is 4.90 Å². The van der Waals surface area contributed by atoms with E-state index in [1.807, 2.05) is 24.3 Å². The smallest absolute Gasteiger partial charge is 0.101 e. The minimum Gasteiger partial charge on any atom is -0.333 e. The third kappa shape index (κ3) is 4.82. The maximum absolute atomic E-state index is 10.1. The first kappa shape index (κ1) is 31.3. The van der Waals surface area contributed by atoms with Gasteiger partial charge >= 0.3 is 0 Å². The first-order valence-corrected chi connectivity index (χ1v) is 18.2. The van der Waals surface area contributed by atoms with Crippen LogP contribution in [0.1, 0.15) is 39.9 Å². The highest BCUT2D eigenvalue weighted by Gasteiger charge is 2.43. The van der Waals surface area contributed by atoms with Crippen molar-refractivity contribution in [1.82, 2.24) is 4.57 Å². The molecule has 4 heteroatoms. The Bertz CT molecular complexity index is 2790. The Kier molecular flexibility index (Phi) is 7.36. The van der Waals surface area contributed by atoms with Crippen LogP contribution in [0.2, 0.25) is 0 Å². The highest BCUT2D eigenvalue weighted by Crippen LogP contribution is 2.58. The van der Waals surface area contributed by atoms with Crippen molar-refractivity contribution in [2.24, 2.45) is 0 Å². The molecule has 0 radical (unpaired) electrons. The van der Waals surface area contributed by atoms with Crippen LogP contribution in [0.4, 0.5) is 11.4 Å². The van der Waals surface area contributed by atoms with Gasteiger partial charge in [0.15, 0.2) is 0 Å². The third-order valence-electron chi connectivity index (χ3n) is 11.0. The van der Waals surface area contributed by atoms with Gasteiger partial charge in [-0.1, -0.05) is 127 Å². The van der Waals surface area contributed by atoms with Gasteiger partial charge in [0.25, 0.3) is 0 Å². The van der Waals surface area contributed by atoms with Gasteiger partial charge < -0.3 is 9.47 Å². The number of nitrogens with zero attached hydrogens (tertiary/aromatic N) is 4. The zero-order valence-electron chi connectivity index (χ0n) is 29.3. The summed E-state index contributed by atoms with van der Waals surface area (Å²) in [6.07, 6.45) is 4.73. The van der Waals surface area contributed by atoms with Crippen LogP contribution in [0.5, 0.6) is 0 Å². The van der Waals surface area contributed by atoms with Gasteiger partial charge in [-0.25, -0.2) is 0 Å². The van der Waals surface area contributed by atoms with Crippen LogP contribution < -0.4 is 4.90 Å². The molecule has 1 aliphatic carbocycles. The van der Waals surface area contributed by atoms with Crippen LogP contribution in [0, 0.1) is 22.7 Å². The van der Waals surface area contributed by atoms with Crippen LogP contribution in [0.3, 0.4) is 0 Å². The first-order valence-electron chi connectivity index (χ1n) is 18.2. The van der Waals surface area contributed by atoms with Crippen molar-refractivity contribution >= 4 is 28.4 Å². The molecular weight excluding hydrogens is 657 g/mol. The lowest BCUT2D eigenvalue weighted by atomic mass is 9.84. The van der Waals surface area contributed by atoms with Gasteiger partial charge in [0.05, 0.1) is 28.4 Å². The second-order valence-corrected chi connectivity index (χ2v) is 13.9. The molecule has 2 unspecified atom stereocenters. The second kappa shape index (κ2) is 12.7. The molecule has 7 aromatic carbocycles. The highest BCUT2D eigenvalue weighted by atomic mass is 15.2. The average Bonchev–Trinajstić information content (AvgIpc) is 3.77. The Morgan fingerprint density at radius 1 is 0.519 bits per heavy atom. The summed E-state index contributed by atoms with van der Waals surface area (Å²) in [5.74, 6) is 0.195. The highest BCUT2D eigenvalue weighted by molar-refractivity contribution is 5.99. The van der Waals surface area contributed by atoms with E-state index in [4.69, 9.17) is 0 Å². The number of anilines is 2. The predicted octanol–water partition coefficient (Wildman–Crippen LogP) is 12.4. The summed E-state index contributed by atoms with van der Waals surface area (Å²) in [4.78, 5) is 2.53. The molecule has 1 aromatic heterocycles. The van der Waals surface area contributed by atoms with Gasteiger partial charge in [-0.15, -0.1) is 0 Å². The van der Waals surface area contributed by atoms with Crippen molar-refractivity contribution in [1.29, 1.82) is 10.5 Å². The number of benzene rings is 7. The number of nitriles is 2. The van der Waals surface area contributed by atoms with E-state index in [-0.39, 0.29) is 12.0 Å². The SMILES string of the molecule is N#Cc1ccc(-c2c(-c3ccccc3)cc(-n3c4c(c5ccccc53)C3C(C=C4)c4ccccc4N3c3ccccc3)cc2-c2ccccc2)cc1C#N. The number of fused-ring (bicyclic) bond motifs is 7. The Hall–Kier alpha value is -7.40. The molecule has 0 saturated heterocycles. The lowest BCUT2D eigenvalue weighted by Crippen LogP contribution is -2.24. The summed E-state index contributed by atoms with van der Waals surface area (Å²) < 4.78 is 2.44. The lowest BCUT2D eigenvalue weighted by Gasteiger charge is -2.32. The van der Waals surface area contributed by atoms with Crippen molar-refractivity contribution in [3.05, 3.63) is 204 Å². The van der Waals surface area contributed by atoms with E-state index in [0.717, 1.165) is 44.6 Å². The van der Waals surface area contributed by atoms with Crippen molar-refractivity contribution in [3.63, 3.8) is 0 Å². The molecule has 8 aromatic rings. The van der Waals surface area contributed by atoms with Gasteiger partial charge in [-0.05, 0) is 93.6 Å². The summed E-state index contributed by atoms with van der Waals surface area (Å²) in [7, 11) is 0. The largest absolute Gasteiger partial charge is 0.333 e. The van der Waals surface area contributed by atoms with Gasteiger partial charge in [0.2, 0.25) is 0 Å². The summed E-state index contributed by atoms with van der Waals surface area (Å²) in [5.41, 5.74) is 15.3. The molecule has 2 aliphatic rings. The molecule has 0 fully saturated rings. The second-order valence-electron chi connectivity index (χ2n) is 13.9. The molecule has 10 rings (SSSR count). The summed E-state index contributed by atoms with van der Waals surface area (Å²) in [6, 6.07) is 64.1. The molecular formula is C50H32N4. The van der Waals surface area contributed by atoms with E-state index >= 15 is 0 Å². The first-order chi connectivity index (χ1) is 26.7. The predicted molar refractivity (Wildman–Crippen MR) is 219 cm³/mol. The maximum Gasteiger partial charge on any atom is 0.101 e. The number of hydrogen-bond donors (Lipinski definition) is 0. The van der Waals surface area contributed by atoms with E-state index in [2.05, 4.69) is 173 Å². The van der Waals surface area contributed by atoms with E-state index < -0.39 is 0 Å². The number of para-hydroxylation sites is 3. The Balaban J connectivity index is 1.28. The van der Waals surface area contributed by atoms with Crippen LogP contribution in [-0.4, -0.2) is 4.57 Å². The van der Waals surface area contributed by atoms with E-state index in [0.29, 0.717) is 11.1 Å². The monoisotopic (exact) mass is 688 g/mol. The molecule has 0 saturated carbocycles. The Morgan fingerprint density at radius 2 is 1.13 bits per heavy atom. The van der Waals surface area contributed by atoms with E-state index in [9.17, 15) is 10.5 Å². The molecule has 54 heavy (non-hydrogen) atoms. The minimum atomic E-state index is 0.0699. The normalized spacial score (nSPS) is 15.3. The zero-order chi connectivity index (χ0) is 36.2. The Morgan fingerprint density at radius 3 is 1.81 bits per heavy atom. The third-order valence-corrected chi connectivity index (χ3v) is 11.0. The fraction of sp³-hybridized carbons (Fsp3) is 0.0400. The van der Waals surface area contributed by atoms with Crippen molar-refractivity contribution in [2.45, 2.75) is 12.0 Å². The maximum atomic E-state index is 10.1. The number of aromatic nitrogens is 1. The molecule has 0 N–H and O–H groups in total. The van der Waals surface area contributed by atoms with Crippen LogP contribution >= 0.6 is 0 Å². The lowest BCUT2D eigenvalue weighted by molar-refractivity contribution is 0.669. The molecule has 4 nitrogen and oxygen atoms in total. The molecule has 0 bridgehead atoms. The van der Waals surface area contributed by atoms with Crippen molar-refractivity contribution < 1.29 is 0 Å². The van der Waals surface area contributed by atoms with Gasteiger partial charge in [-0.2, -0.15) is 10.5 Å². The fourth-order valence-corrected chi connectivity index (χ4v) is 8.76. The molecule has 2 atom stereocenters. The summed E-state index contributed by atoms with van der Waals surface area (Å²) in [5, 5.41) is 21.1. The van der Waals surface area contributed by atoms with Gasteiger partial charge in [0, 0.05) is 33.9 Å². The quantitative estimate of drug-likeness (QED) is 0.181. The van der Waals surface area contributed by atoms with Crippen LogP contribution in [0.15, 0.2) is 176 Å². The standard InChI is InChI=1S/C50H32N4/c51-31-36-25-24-35(28-37(36)32-52)48-43(33-14-4-1-5-15-33)29-39(30-44(48)34-16-6-2-7-17-34)53-46-23-13-11-21-42(46)49-47(53)27-26-41-40-20-10-12-22-45(40)54(50(41)49)38-18-8-3-9-19-38/h1-30,41,50H. The molecule has 2 heterocycles. The summed E-state index contributed by atoms with van der Waals surface area (Å²) >= 11 is 0. The van der Waals surface area contributed by atoms with Crippen LogP contribution in [0.25, 0.3) is 56.0 Å². The molecule has 1 aliphatic heterocycles. The number of hydrogen-bond acceptors (Lipinski definition) is 3. The topological polar surface area (TPSA) is 55.8 Å². The van der Waals surface area contributed by atoms with Gasteiger partial charge in [0.1, 0.15) is 12.1 Å². The number of rotatable bonds is 5. The van der Waals surface area contributed by atoms with Crippen molar-refractivity contribution in [3.8, 4) is 51.2 Å². The van der Waals surface area contributed by atoms with E-state index in [1.165, 1.54) is 33.6 Å². The molecule has 0 amide bonds.